The van der Waals surface area contributed by atoms with Crippen molar-refractivity contribution in [3.05, 3.63) is 81.4 Å². The second-order valence-corrected chi connectivity index (χ2v) is 9.61. The Morgan fingerprint density at radius 2 is 1.69 bits per heavy atom. The number of likely N-dealkylation sites (tertiary alicyclic amines) is 1. The summed E-state index contributed by atoms with van der Waals surface area (Å²) in [7, 11) is 0. The number of hydrogen-bond acceptors (Lipinski definition) is 2. The molecule has 2 aromatic rings. The molecule has 1 saturated carbocycles. The number of ketones is 1. The van der Waals surface area contributed by atoms with Crippen molar-refractivity contribution < 1.29 is 9.59 Å². The molecule has 1 aliphatic heterocycles. The van der Waals surface area contributed by atoms with Gasteiger partial charge in [0.05, 0.1) is 11.6 Å². The van der Waals surface area contributed by atoms with Gasteiger partial charge in [0.15, 0.2) is 5.78 Å². The molecular formula is C26H28Cl2N2O2. The summed E-state index contributed by atoms with van der Waals surface area (Å²) in [6.45, 7) is 2.66. The lowest BCUT2D eigenvalue weighted by Gasteiger charge is -2.27. The molecule has 0 spiro atoms. The zero-order chi connectivity index (χ0) is 22.7. The fourth-order valence-corrected chi connectivity index (χ4v) is 4.65. The predicted octanol–water partition coefficient (Wildman–Crippen LogP) is 6.30. The van der Waals surface area contributed by atoms with Gasteiger partial charge < -0.3 is 10.2 Å². The third-order valence-corrected chi connectivity index (χ3v) is 6.98. The van der Waals surface area contributed by atoms with E-state index in [1.807, 2.05) is 48.5 Å². The molecule has 32 heavy (non-hydrogen) atoms. The zero-order valence-corrected chi connectivity index (χ0v) is 19.8. The molecule has 2 amide bonds. The Morgan fingerprint density at radius 3 is 2.28 bits per heavy atom. The molecule has 1 N–H and O–H groups in total. The first kappa shape index (κ1) is 22.9. The van der Waals surface area contributed by atoms with Gasteiger partial charge in [-0.3, -0.25) is 4.79 Å². The van der Waals surface area contributed by atoms with Crippen molar-refractivity contribution in [2.75, 3.05) is 6.54 Å². The van der Waals surface area contributed by atoms with E-state index in [4.69, 9.17) is 23.2 Å². The van der Waals surface area contributed by atoms with Crippen LogP contribution < -0.4 is 5.32 Å². The summed E-state index contributed by atoms with van der Waals surface area (Å²) in [5.74, 6) is 0.0137. The Labute approximate surface area is 199 Å². The van der Waals surface area contributed by atoms with Crippen LogP contribution in [0, 0.1) is 0 Å². The van der Waals surface area contributed by atoms with Crippen molar-refractivity contribution in [3.8, 4) is 0 Å². The highest BCUT2D eigenvalue weighted by molar-refractivity contribution is 6.30. The molecule has 0 bridgehead atoms. The quantitative estimate of drug-likeness (QED) is 0.482. The lowest BCUT2D eigenvalue weighted by molar-refractivity contribution is -0.118. The minimum atomic E-state index is -0.400. The number of urea groups is 1. The third-order valence-electron chi connectivity index (χ3n) is 6.48. The van der Waals surface area contributed by atoms with E-state index in [1.165, 1.54) is 0 Å². The normalized spacial score (nSPS) is 19.7. The van der Waals surface area contributed by atoms with Gasteiger partial charge in [0, 0.05) is 16.6 Å². The lowest BCUT2D eigenvalue weighted by atomic mass is 9.99. The maximum Gasteiger partial charge on any atom is 0.318 e. The Morgan fingerprint density at radius 1 is 1.06 bits per heavy atom. The number of carbonyl (C=O) groups excluding carboxylic acids is 2. The number of benzene rings is 2. The predicted molar refractivity (Wildman–Crippen MR) is 129 cm³/mol. The number of carbonyl (C=O) groups is 2. The van der Waals surface area contributed by atoms with Crippen LogP contribution in [0.1, 0.15) is 50.2 Å². The summed E-state index contributed by atoms with van der Waals surface area (Å²) in [5, 5.41) is 4.58. The van der Waals surface area contributed by atoms with E-state index < -0.39 is 6.04 Å². The minimum Gasteiger partial charge on any atom is -0.328 e. The zero-order valence-electron chi connectivity index (χ0n) is 18.2. The van der Waals surface area contributed by atoms with Crippen LogP contribution in [-0.2, 0) is 16.8 Å². The van der Waals surface area contributed by atoms with Gasteiger partial charge in [-0.25, -0.2) is 4.79 Å². The van der Waals surface area contributed by atoms with Crippen LogP contribution in [0.15, 0.2) is 60.2 Å². The van der Waals surface area contributed by atoms with Crippen LogP contribution in [-0.4, -0.2) is 29.3 Å². The van der Waals surface area contributed by atoms with Crippen LogP contribution in [0.25, 0.3) is 0 Å². The van der Waals surface area contributed by atoms with E-state index in [2.05, 4.69) is 12.2 Å². The van der Waals surface area contributed by atoms with Gasteiger partial charge >= 0.3 is 6.03 Å². The molecule has 2 aromatic carbocycles. The second kappa shape index (κ2) is 9.68. The number of rotatable bonds is 7. The van der Waals surface area contributed by atoms with Gasteiger partial charge in [-0.2, -0.15) is 0 Å². The monoisotopic (exact) mass is 470 g/mol. The molecule has 168 valence electrons. The largest absolute Gasteiger partial charge is 0.328 e. The number of hydrogen-bond donors (Lipinski definition) is 1. The van der Waals surface area contributed by atoms with E-state index in [9.17, 15) is 9.59 Å². The molecular weight excluding hydrogens is 443 g/mol. The van der Waals surface area contributed by atoms with Crippen LogP contribution in [0.4, 0.5) is 4.79 Å². The van der Waals surface area contributed by atoms with Crippen LogP contribution in [0.3, 0.4) is 0 Å². The first-order chi connectivity index (χ1) is 15.4. The third kappa shape index (κ3) is 5.19. The van der Waals surface area contributed by atoms with Crippen molar-refractivity contribution in [1.29, 1.82) is 0 Å². The van der Waals surface area contributed by atoms with Gasteiger partial charge in [-0.05, 0) is 80.0 Å². The number of amides is 2. The molecule has 1 aliphatic carbocycles. The number of halogens is 2. The molecule has 4 nitrogen and oxygen atoms in total. The molecule has 1 saturated heterocycles. The molecule has 2 fully saturated rings. The fraction of sp³-hybridized carbons (Fsp3) is 0.385. The van der Waals surface area contributed by atoms with Crippen molar-refractivity contribution >= 4 is 35.0 Å². The SMILES string of the molecule is CC/C(=C/C(=O)C1CCCN1C(=O)NC1(c2ccc(Cl)cc2)CC1)Cc1ccc(Cl)cc1. The highest BCUT2D eigenvalue weighted by Crippen LogP contribution is 2.46. The summed E-state index contributed by atoms with van der Waals surface area (Å²) < 4.78 is 0. The first-order valence-electron chi connectivity index (χ1n) is 11.2. The lowest BCUT2D eigenvalue weighted by Crippen LogP contribution is -2.49. The van der Waals surface area contributed by atoms with Gasteiger partial charge in [0.25, 0.3) is 0 Å². The maximum atomic E-state index is 13.1. The standard InChI is InChI=1S/C26H28Cl2N2O2/c1-2-18(16-19-5-9-21(27)10-6-19)17-24(31)23-4-3-15-30(23)25(32)29-26(13-14-26)20-7-11-22(28)12-8-20/h5-12,17,23H,2-4,13-16H2,1H3,(H,29,32)/b18-17-. The fourth-order valence-electron chi connectivity index (χ4n) is 4.40. The van der Waals surface area contributed by atoms with Crippen LogP contribution in [0.5, 0.6) is 0 Å². The average molecular weight is 471 g/mol. The Kier molecular flexibility index (Phi) is 6.92. The van der Waals surface area contributed by atoms with E-state index in [1.54, 1.807) is 11.0 Å². The molecule has 0 aromatic heterocycles. The topological polar surface area (TPSA) is 49.4 Å². The molecule has 0 radical (unpaired) electrons. The second-order valence-electron chi connectivity index (χ2n) is 8.73. The molecule has 1 atom stereocenters. The van der Waals surface area contributed by atoms with Crippen molar-refractivity contribution in [1.82, 2.24) is 10.2 Å². The number of nitrogens with one attached hydrogen (secondary N) is 1. The Hall–Kier alpha value is -2.30. The van der Waals surface area contributed by atoms with E-state index >= 15 is 0 Å². The molecule has 1 unspecified atom stereocenters. The van der Waals surface area contributed by atoms with Gasteiger partial charge in [-0.15, -0.1) is 0 Å². The summed E-state index contributed by atoms with van der Waals surface area (Å²) in [4.78, 5) is 28.0. The molecule has 1 heterocycles. The summed E-state index contributed by atoms with van der Waals surface area (Å²) in [6, 6.07) is 14.8. The highest BCUT2D eigenvalue weighted by Gasteiger charge is 2.47. The smallest absolute Gasteiger partial charge is 0.318 e. The molecule has 4 rings (SSSR count). The van der Waals surface area contributed by atoms with E-state index in [-0.39, 0.29) is 17.4 Å². The van der Waals surface area contributed by atoms with Gasteiger partial charge in [0.2, 0.25) is 0 Å². The highest BCUT2D eigenvalue weighted by atomic mass is 35.5. The van der Waals surface area contributed by atoms with E-state index in [0.29, 0.717) is 29.4 Å². The van der Waals surface area contributed by atoms with Crippen LogP contribution in [0.2, 0.25) is 10.0 Å². The maximum absolute atomic E-state index is 13.1. The molecule has 2 aliphatic rings. The van der Waals surface area contributed by atoms with Crippen molar-refractivity contribution in [2.24, 2.45) is 0 Å². The Bertz CT molecular complexity index is 1010. The van der Waals surface area contributed by atoms with E-state index in [0.717, 1.165) is 42.4 Å². The van der Waals surface area contributed by atoms with Gasteiger partial charge in [-0.1, -0.05) is 60.0 Å². The molecule has 6 heteroatoms. The minimum absolute atomic E-state index is 0.0137. The van der Waals surface area contributed by atoms with Crippen molar-refractivity contribution in [2.45, 2.75) is 57.0 Å². The first-order valence-corrected chi connectivity index (χ1v) is 12.0. The average Bonchev–Trinajstić information content (AvgIpc) is 3.38. The summed E-state index contributed by atoms with van der Waals surface area (Å²) in [5.41, 5.74) is 2.91. The van der Waals surface area contributed by atoms with Crippen molar-refractivity contribution in [3.63, 3.8) is 0 Å². The summed E-state index contributed by atoms with van der Waals surface area (Å²) in [6.07, 6.45) is 6.57. The van der Waals surface area contributed by atoms with Gasteiger partial charge in [0.1, 0.15) is 0 Å². The Balaban J connectivity index is 1.43. The van der Waals surface area contributed by atoms with Crippen LogP contribution >= 0.6 is 23.2 Å². The number of nitrogens with zero attached hydrogens (tertiary/aromatic N) is 1. The summed E-state index contributed by atoms with van der Waals surface area (Å²) >= 11 is 12.0. The number of allylic oxidation sites excluding steroid dienone is 1.